The Morgan fingerprint density at radius 3 is 2.78 bits per heavy atom. The minimum Gasteiger partial charge on any atom is -0.369 e. The number of carbonyl (C=O) groups is 1. The molecule has 3 aliphatic rings. The maximum Gasteiger partial charge on any atom is 0.230 e. The van der Waals surface area contributed by atoms with Crippen LogP contribution in [0.25, 0.3) is 0 Å². The molecule has 0 unspecified atom stereocenters. The van der Waals surface area contributed by atoms with Crippen molar-refractivity contribution in [2.45, 2.75) is 32.0 Å². The maximum atomic E-state index is 12.5. The Kier molecular flexibility index (Phi) is 1.97. The normalized spacial score (nSPS) is 43.6. The van der Waals surface area contributed by atoms with Crippen molar-refractivity contribution in [2.75, 3.05) is 5.32 Å². The van der Waals surface area contributed by atoms with Gasteiger partial charge in [-0.1, -0.05) is 25.1 Å². The smallest absolute Gasteiger partial charge is 0.230 e. The van der Waals surface area contributed by atoms with Crippen LogP contribution < -0.4 is 5.32 Å². The summed E-state index contributed by atoms with van der Waals surface area (Å²) in [4.78, 5) is 12.5. The van der Waals surface area contributed by atoms with Crippen LogP contribution in [0, 0.1) is 17.3 Å². The summed E-state index contributed by atoms with van der Waals surface area (Å²) >= 11 is 0. The van der Waals surface area contributed by atoms with Gasteiger partial charge in [0.2, 0.25) is 5.91 Å². The molecule has 0 radical (unpaired) electrons. The number of rotatable bonds is 2. The van der Waals surface area contributed by atoms with E-state index >= 15 is 0 Å². The van der Waals surface area contributed by atoms with Crippen LogP contribution in [-0.4, -0.2) is 18.1 Å². The fourth-order valence-electron chi connectivity index (χ4n) is 4.01. The molecule has 1 aliphatic heterocycles. The lowest BCUT2D eigenvalue weighted by atomic mass is 9.74. The summed E-state index contributed by atoms with van der Waals surface area (Å²) in [5, 5.41) is 3.05. The maximum absolute atomic E-state index is 12.5. The fraction of sp³-hybridized carbons (Fsp3) is 0.533. The van der Waals surface area contributed by atoms with Gasteiger partial charge in [-0.3, -0.25) is 4.79 Å². The summed E-state index contributed by atoms with van der Waals surface area (Å²) in [5.41, 5.74) is 0.651. The molecule has 18 heavy (non-hydrogen) atoms. The van der Waals surface area contributed by atoms with Crippen molar-refractivity contribution in [1.29, 1.82) is 0 Å². The van der Waals surface area contributed by atoms with Crippen LogP contribution in [0.5, 0.6) is 0 Å². The number of anilines is 1. The third kappa shape index (κ3) is 1.31. The molecule has 5 atom stereocenters. The summed E-state index contributed by atoms with van der Waals surface area (Å²) in [5.74, 6) is 1.21. The minimum absolute atomic E-state index is 0.162. The van der Waals surface area contributed by atoms with Crippen molar-refractivity contribution >= 4 is 11.6 Å². The summed E-state index contributed by atoms with van der Waals surface area (Å²) < 4.78 is 5.66. The topological polar surface area (TPSA) is 41.6 Å². The molecule has 1 heterocycles. The van der Waals surface area contributed by atoms with E-state index < -0.39 is 0 Å². The number of epoxide rings is 1. The summed E-state index contributed by atoms with van der Waals surface area (Å²) in [6, 6.07) is 9.71. The van der Waals surface area contributed by atoms with Gasteiger partial charge in [-0.15, -0.1) is 0 Å². The van der Waals surface area contributed by atoms with E-state index in [1.165, 1.54) is 6.42 Å². The first-order valence-electron chi connectivity index (χ1n) is 6.70. The number of hydrogen-bond donors (Lipinski definition) is 1. The third-order valence-corrected chi connectivity index (χ3v) is 5.03. The lowest BCUT2D eigenvalue weighted by Gasteiger charge is -2.30. The SMILES string of the molecule is C[C@]1(C(=O)Nc2ccccc2)C[C@H]2C[C@H]1[C@H]1O[C@@H]21. The lowest BCUT2D eigenvalue weighted by Crippen LogP contribution is -2.40. The Hall–Kier alpha value is -1.35. The molecular weight excluding hydrogens is 226 g/mol. The molecule has 2 saturated carbocycles. The van der Waals surface area contributed by atoms with Gasteiger partial charge in [0.1, 0.15) is 0 Å². The highest BCUT2D eigenvalue weighted by atomic mass is 16.6. The second kappa shape index (κ2) is 3.35. The van der Waals surface area contributed by atoms with Crippen LogP contribution in [0.3, 0.4) is 0 Å². The van der Waals surface area contributed by atoms with E-state index in [4.69, 9.17) is 4.74 Å². The highest BCUT2D eigenvalue weighted by Crippen LogP contribution is 2.64. The van der Waals surface area contributed by atoms with Gasteiger partial charge in [0.25, 0.3) is 0 Å². The molecule has 0 spiro atoms. The number of ether oxygens (including phenoxy) is 1. The van der Waals surface area contributed by atoms with Gasteiger partial charge in [-0.25, -0.2) is 0 Å². The standard InChI is InChI=1S/C15H17NO2/c1-15(8-9-7-11(15)13-12(9)18-13)14(17)16-10-5-3-2-4-6-10/h2-6,9,11-13H,7-8H2,1H3,(H,16,17)/t9-,11+,12+,13-,15+/m1/s1. The number of fused-ring (bicyclic) bond motifs is 5. The third-order valence-electron chi connectivity index (χ3n) is 5.03. The highest BCUT2D eigenvalue weighted by molar-refractivity contribution is 5.95. The van der Waals surface area contributed by atoms with Crippen molar-refractivity contribution < 1.29 is 9.53 Å². The summed E-state index contributed by atoms with van der Waals surface area (Å²) in [6.07, 6.45) is 3.01. The van der Waals surface area contributed by atoms with E-state index in [0.717, 1.165) is 12.1 Å². The van der Waals surface area contributed by atoms with E-state index in [-0.39, 0.29) is 11.3 Å². The van der Waals surface area contributed by atoms with E-state index in [2.05, 4.69) is 12.2 Å². The van der Waals surface area contributed by atoms with Gasteiger partial charge in [0.05, 0.1) is 17.6 Å². The Morgan fingerprint density at radius 1 is 1.33 bits per heavy atom. The first-order valence-corrected chi connectivity index (χ1v) is 6.70. The monoisotopic (exact) mass is 243 g/mol. The molecule has 1 amide bonds. The average Bonchev–Trinajstić information content (AvgIpc) is 3.01. The van der Waals surface area contributed by atoms with Crippen LogP contribution >= 0.6 is 0 Å². The quantitative estimate of drug-likeness (QED) is 0.811. The van der Waals surface area contributed by atoms with Crippen molar-refractivity contribution in [1.82, 2.24) is 0 Å². The van der Waals surface area contributed by atoms with Crippen LogP contribution in [0.4, 0.5) is 5.69 Å². The van der Waals surface area contributed by atoms with Crippen LogP contribution in [0.2, 0.25) is 0 Å². The zero-order valence-corrected chi connectivity index (χ0v) is 10.4. The second-order valence-electron chi connectivity index (χ2n) is 6.11. The largest absolute Gasteiger partial charge is 0.369 e. The number of para-hydroxylation sites is 1. The molecule has 3 fully saturated rings. The van der Waals surface area contributed by atoms with Gasteiger partial charge in [0, 0.05) is 11.6 Å². The molecule has 94 valence electrons. The number of amides is 1. The number of benzene rings is 1. The molecule has 2 aliphatic carbocycles. The van der Waals surface area contributed by atoms with Gasteiger partial charge in [-0.05, 0) is 30.9 Å². The Bertz CT molecular complexity index is 500. The lowest BCUT2D eigenvalue weighted by molar-refractivity contribution is -0.127. The number of nitrogens with one attached hydrogen (secondary N) is 1. The second-order valence-corrected chi connectivity index (χ2v) is 6.11. The molecule has 3 heteroatoms. The van der Waals surface area contributed by atoms with E-state index in [9.17, 15) is 4.79 Å². The van der Waals surface area contributed by atoms with E-state index in [0.29, 0.717) is 24.0 Å². The van der Waals surface area contributed by atoms with Gasteiger partial charge in [0.15, 0.2) is 0 Å². The van der Waals surface area contributed by atoms with Crippen LogP contribution in [0.15, 0.2) is 30.3 Å². The molecule has 2 bridgehead atoms. The van der Waals surface area contributed by atoms with Gasteiger partial charge >= 0.3 is 0 Å². The Morgan fingerprint density at radius 2 is 2.11 bits per heavy atom. The van der Waals surface area contributed by atoms with E-state index in [1.807, 2.05) is 30.3 Å². The molecular formula is C15H17NO2. The van der Waals surface area contributed by atoms with Gasteiger partial charge < -0.3 is 10.1 Å². The predicted molar refractivity (Wildman–Crippen MR) is 68.1 cm³/mol. The van der Waals surface area contributed by atoms with Gasteiger partial charge in [-0.2, -0.15) is 0 Å². The van der Waals surface area contributed by atoms with Crippen molar-refractivity contribution in [3.63, 3.8) is 0 Å². The first-order chi connectivity index (χ1) is 8.68. The fourth-order valence-corrected chi connectivity index (χ4v) is 4.01. The van der Waals surface area contributed by atoms with Crippen molar-refractivity contribution in [2.24, 2.45) is 17.3 Å². The summed E-state index contributed by atoms with van der Waals surface area (Å²) in [7, 11) is 0. The van der Waals surface area contributed by atoms with Crippen LogP contribution in [0.1, 0.15) is 19.8 Å². The molecule has 4 rings (SSSR count). The molecule has 1 saturated heterocycles. The van der Waals surface area contributed by atoms with Crippen molar-refractivity contribution in [3.8, 4) is 0 Å². The summed E-state index contributed by atoms with van der Waals surface area (Å²) in [6.45, 7) is 2.10. The highest BCUT2D eigenvalue weighted by Gasteiger charge is 2.69. The first kappa shape index (κ1) is 10.6. The predicted octanol–water partition coefficient (Wildman–Crippen LogP) is 2.44. The number of hydrogen-bond acceptors (Lipinski definition) is 2. The molecule has 0 aromatic heterocycles. The van der Waals surface area contributed by atoms with Crippen LogP contribution in [-0.2, 0) is 9.53 Å². The Labute approximate surface area is 107 Å². The molecule has 3 nitrogen and oxygen atoms in total. The molecule has 1 aromatic rings. The zero-order chi connectivity index (χ0) is 12.3. The minimum atomic E-state index is -0.238. The number of carbonyl (C=O) groups excluding carboxylic acids is 1. The zero-order valence-electron chi connectivity index (χ0n) is 10.4. The molecule has 1 N–H and O–H groups in total. The molecule has 1 aromatic carbocycles. The Balaban J connectivity index is 1.55. The average molecular weight is 243 g/mol. The van der Waals surface area contributed by atoms with Crippen molar-refractivity contribution in [3.05, 3.63) is 30.3 Å². The van der Waals surface area contributed by atoms with E-state index in [1.54, 1.807) is 0 Å².